The zero-order chi connectivity index (χ0) is 11.0. The zero-order valence-corrected chi connectivity index (χ0v) is 9.42. The van der Waals surface area contributed by atoms with Gasteiger partial charge in [0, 0.05) is 25.1 Å². The van der Waals surface area contributed by atoms with Crippen molar-refractivity contribution in [1.29, 1.82) is 0 Å². The van der Waals surface area contributed by atoms with Crippen LogP contribution < -0.4 is 10.6 Å². The molecule has 0 bridgehead atoms. The van der Waals surface area contributed by atoms with E-state index in [0.717, 1.165) is 26.2 Å². The number of ether oxygens (including phenoxy) is 1. The molecule has 0 saturated carbocycles. The first-order valence-electron chi connectivity index (χ1n) is 6.09. The first-order valence-corrected chi connectivity index (χ1v) is 6.09. The highest BCUT2D eigenvalue weighted by atomic mass is 16.5. The second-order valence-electron chi connectivity index (χ2n) is 5.12. The second kappa shape index (κ2) is 3.86. The lowest BCUT2D eigenvalue weighted by Crippen LogP contribution is -2.47. The second-order valence-corrected chi connectivity index (χ2v) is 5.12. The van der Waals surface area contributed by atoms with Gasteiger partial charge in [-0.3, -0.25) is 0 Å². The van der Waals surface area contributed by atoms with Gasteiger partial charge in [-0.15, -0.1) is 0 Å². The Kier molecular flexibility index (Phi) is 2.48. The van der Waals surface area contributed by atoms with Crippen LogP contribution in [-0.4, -0.2) is 38.8 Å². The summed E-state index contributed by atoms with van der Waals surface area (Å²) in [7, 11) is 0. The number of nitrogens with one attached hydrogen (secondary N) is 2. The van der Waals surface area contributed by atoms with Crippen LogP contribution in [-0.2, 0) is 9.53 Å². The fraction of sp³-hybridized carbons (Fsp3) is 0.750. The van der Waals surface area contributed by atoms with E-state index in [-0.39, 0.29) is 5.97 Å². The van der Waals surface area contributed by atoms with Gasteiger partial charge in [-0.25, -0.2) is 4.79 Å². The molecule has 3 rings (SSSR count). The molecule has 0 aliphatic carbocycles. The SMILES string of the molecule is O=C1C=C(C2CNCCC23CCNC3)CO1. The Morgan fingerprint density at radius 3 is 2.81 bits per heavy atom. The molecule has 3 aliphatic heterocycles. The normalized spacial score (nSPS) is 38.9. The average molecular weight is 222 g/mol. The van der Waals surface area contributed by atoms with Gasteiger partial charge in [0.15, 0.2) is 0 Å². The Labute approximate surface area is 95.4 Å². The van der Waals surface area contributed by atoms with E-state index in [0.29, 0.717) is 17.9 Å². The van der Waals surface area contributed by atoms with Crippen LogP contribution in [0.25, 0.3) is 0 Å². The van der Waals surface area contributed by atoms with E-state index in [2.05, 4.69) is 10.6 Å². The average Bonchev–Trinajstić information content (AvgIpc) is 2.90. The van der Waals surface area contributed by atoms with Crippen LogP contribution in [0.4, 0.5) is 0 Å². The summed E-state index contributed by atoms with van der Waals surface area (Å²) in [5, 5.41) is 6.91. The Morgan fingerprint density at radius 2 is 2.12 bits per heavy atom. The van der Waals surface area contributed by atoms with Crippen molar-refractivity contribution in [2.24, 2.45) is 11.3 Å². The molecule has 3 aliphatic rings. The highest BCUT2D eigenvalue weighted by Gasteiger charge is 2.45. The number of piperidine rings is 1. The zero-order valence-electron chi connectivity index (χ0n) is 9.42. The number of hydrogen-bond acceptors (Lipinski definition) is 4. The summed E-state index contributed by atoms with van der Waals surface area (Å²) in [6, 6.07) is 0. The van der Waals surface area contributed by atoms with Crippen molar-refractivity contribution in [2.45, 2.75) is 12.8 Å². The minimum atomic E-state index is -0.165. The van der Waals surface area contributed by atoms with Crippen molar-refractivity contribution < 1.29 is 9.53 Å². The van der Waals surface area contributed by atoms with Crippen LogP contribution in [0.5, 0.6) is 0 Å². The summed E-state index contributed by atoms with van der Waals surface area (Å²) in [4.78, 5) is 11.2. The van der Waals surface area contributed by atoms with E-state index in [4.69, 9.17) is 4.74 Å². The molecule has 1 spiro atoms. The van der Waals surface area contributed by atoms with Gasteiger partial charge in [-0.1, -0.05) is 0 Å². The molecule has 0 aromatic rings. The van der Waals surface area contributed by atoms with Crippen molar-refractivity contribution in [3.8, 4) is 0 Å². The van der Waals surface area contributed by atoms with Crippen LogP contribution in [0, 0.1) is 11.3 Å². The molecule has 0 aromatic heterocycles. The molecule has 2 saturated heterocycles. The predicted octanol–water partition coefficient (Wildman–Crippen LogP) is 0.0588. The van der Waals surface area contributed by atoms with Gasteiger partial charge in [0.1, 0.15) is 6.61 Å². The number of hydrogen-bond donors (Lipinski definition) is 2. The van der Waals surface area contributed by atoms with Gasteiger partial charge in [0.2, 0.25) is 0 Å². The van der Waals surface area contributed by atoms with Gasteiger partial charge in [-0.05, 0) is 36.9 Å². The van der Waals surface area contributed by atoms with E-state index >= 15 is 0 Å². The van der Waals surface area contributed by atoms with Crippen molar-refractivity contribution in [3.05, 3.63) is 11.6 Å². The fourth-order valence-electron chi connectivity index (χ4n) is 3.36. The third kappa shape index (κ3) is 1.57. The number of carbonyl (C=O) groups is 1. The van der Waals surface area contributed by atoms with E-state index < -0.39 is 0 Å². The molecule has 0 amide bonds. The lowest BCUT2D eigenvalue weighted by molar-refractivity contribution is -0.135. The Bertz CT molecular complexity index is 332. The van der Waals surface area contributed by atoms with Gasteiger partial charge >= 0.3 is 5.97 Å². The van der Waals surface area contributed by atoms with Gasteiger partial charge in [-0.2, -0.15) is 0 Å². The largest absolute Gasteiger partial charge is 0.458 e. The minimum Gasteiger partial charge on any atom is -0.458 e. The maximum atomic E-state index is 11.2. The maximum absolute atomic E-state index is 11.2. The van der Waals surface area contributed by atoms with Crippen molar-refractivity contribution in [3.63, 3.8) is 0 Å². The van der Waals surface area contributed by atoms with Crippen LogP contribution >= 0.6 is 0 Å². The molecule has 4 heteroatoms. The van der Waals surface area contributed by atoms with Crippen LogP contribution in [0.3, 0.4) is 0 Å². The molecule has 2 N–H and O–H groups in total. The molecular formula is C12H18N2O2. The van der Waals surface area contributed by atoms with Crippen molar-refractivity contribution >= 4 is 5.97 Å². The summed E-state index contributed by atoms with van der Waals surface area (Å²) in [5.41, 5.74) is 1.56. The summed E-state index contributed by atoms with van der Waals surface area (Å²) in [6.07, 6.45) is 4.14. The molecule has 4 nitrogen and oxygen atoms in total. The third-order valence-corrected chi connectivity index (χ3v) is 4.30. The van der Waals surface area contributed by atoms with Crippen LogP contribution in [0.15, 0.2) is 11.6 Å². The van der Waals surface area contributed by atoms with Gasteiger partial charge in [0.05, 0.1) is 0 Å². The van der Waals surface area contributed by atoms with Crippen molar-refractivity contribution in [1.82, 2.24) is 10.6 Å². The quantitative estimate of drug-likeness (QED) is 0.616. The van der Waals surface area contributed by atoms with Gasteiger partial charge < -0.3 is 15.4 Å². The first-order chi connectivity index (χ1) is 7.80. The summed E-state index contributed by atoms with van der Waals surface area (Å²) >= 11 is 0. The molecule has 2 unspecified atom stereocenters. The molecule has 88 valence electrons. The molecule has 3 heterocycles. The summed E-state index contributed by atoms with van der Waals surface area (Å²) < 4.78 is 5.04. The summed E-state index contributed by atoms with van der Waals surface area (Å²) in [5.74, 6) is 0.310. The lowest BCUT2D eigenvalue weighted by Gasteiger charge is -2.41. The Balaban J connectivity index is 1.85. The predicted molar refractivity (Wildman–Crippen MR) is 59.9 cm³/mol. The minimum absolute atomic E-state index is 0.165. The fourth-order valence-corrected chi connectivity index (χ4v) is 3.36. The molecule has 0 radical (unpaired) electrons. The number of carbonyl (C=O) groups excluding carboxylic acids is 1. The van der Waals surface area contributed by atoms with Crippen LogP contribution in [0.1, 0.15) is 12.8 Å². The standard InChI is InChI=1S/C12H18N2O2/c15-11-5-9(7-16-11)10-6-13-3-1-12(10)2-4-14-8-12/h5,10,13-14H,1-4,6-8H2. The Morgan fingerprint density at radius 1 is 1.31 bits per heavy atom. The third-order valence-electron chi connectivity index (χ3n) is 4.30. The van der Waals surface area contributed by atoms with Crippen molar-refractivity contribution in [2.75, 3.05) is 32.8 Å². The maximum Gasteiger partial charge on any atom is 0.331 e. The van der Waals surface area contributed by atoms with Gasteiger partial charge in [0.25, 0.3) is 0 Å². The topological polar surface area (TPSA) is 50.4 Å². The number of esters is 1. The Hall–Kier alpha value is -0.870. The molecule has 2 atom stereocenters. The number of rotatable bonds is 1. The molecule has 16 heavy (non-hydrogen) atoms. The van der Waals surface area contributed by atoms with E-state index in [1.165, 1.54) is 18.4 Å². The van der Waals surface area contributed by atoms with E-state index in [1.54, 1.807) is 6.08 Å². The van der Waals surface area contributed by atoms with E-state index in [9.17, 15) is 4.79 Å². The first kappa shape index (κ1) is 10.3. The van der Waals surface area contributed by atoms with Crippen LogP contribution in [0.2, 0.25) is 0 Å². The number of cyclic esters (lactones) is 1. The highest BCUT2D eigenvalue weighted by Crippen LogP contribution is 2.43. The summed E-state index contributed by atoms with van der Waals surface area (Å²) in [6.45, 7) is 4.79. The molecule has 2 fully saturated rings. The molecule has 0 aromatic carbocycles. The lowest BCUT2D eigenvalue weighted by atomic mass is 9.67. The molecular weight excluding hydrogens is 204 g/mol. The monoisotopic (exact) mass is 222 g/mol. The highest BCUT2D eigenvalue weighted by molar-refractivity contribution is 5.85. The smallest absolute Gasteiger partial charge is 0.331 e. The van der Waals surface area contributed by atoms with E-state index in [1.807, 2.05) is 0 Å².